The molecule has 12 aromatic carbocycles. The predicted octanol–water partition coefficient (Wildman–Crippen LogP) is 21.9. The largest absolute Gasteiger partial charge is 0.311 e. The van der Waals surface area contributed by atoms with Gasteiger partial charge in [-0.25, -0.2) is 0 Å². The molecule has 0 saturated carbocycles. The Hall–Kier alpha value is -10.3. The van der Waals surface area contributed by atoms with Crippen molar-refractivity contribution >= 4 is 123 Å². The molecule has 5 heterocycles. The summed E-state index contributed by atoms with van der Waals surface area (Å²) in [5.41, 5.74) is 28.3. The second-order valence-corrected chi connectivity index (χ2v) is 30.7. The minimum atomic E-state index is -0.164. The third-order valence-electron chi connectivity index (χ3n) is 20.6. The molecule has 6 heteroatoms. The average molecular weight is 1220 g/mol. The van der Waals surface area contributed by atoms with Crippen LogP contribution in [0.15, 0.2) is 255 Å². The van der Waals surface area contributed by atoms with Crippen molar-refractivity contribution in [3.05, 3.63) is 277 Å². The molecule has 0 radical (unpaired) electrons. The number of fused-ring (bicyclic) bond motifs is 13. The van der Waals surface area contributed by atoms with E-state index in [4.69, 9.17) is 0 Å². The highest BCUT2D eigenvalue weighted by Gasteiger charge is 2.45. The molecule has 0 N–H and O–H groups in total. The van der Waals surface area contributed by atoms with Crippen LogP contribution in [0.2, 0.25) is 0 Å². The molecule has 0 saturated heterocycles. The number of hydrogen-bond donors (Lipinski definition) is 0. The van der Waals surface area contributed by atoms with Crippen LogP contribution in [0.5, 0.6) is 0 Å². The third kappa shape index (κ3) is 8.96. The van der Waals surface area contributed by atoms with E-state index in [2.05, 4.69) is 361 Å². The first-order valence-electron chi connectivity index (χ1n) is 33.6. The van der Waals surface area contributed by atoms with Gasteiger partial charge in [-0.1, -0.05) is 223 Å². The fraction of sp³-hybridized carbons (Fsp3) is 0.182. The molecule has 94 heavy (non-hydrogen) atoms. The van der Waals surface area contributed by atoms with E-state index in [9.17, 15) is 0 Å². The summed E-state index contributed by atoms with van der Waals surface area (Å²) in [4.78, 5) is 5.36. The number of rotatable bonds is 6. The second-order valence-electron chi connectivity index (χ2n) is 30.7. The lowest BCUT2D eigenvalue weighted by molar-refractivity contribution is 0.568. The Morgan fingerprint density at radius 1 is 0.234 bits per heavy atom. The number of para-hydroxylation sites is 6. The fourth-order valence-corrected chi connectivity index (χ4v) is 15.6. The summed E-state index contributed by atoms with van der Waals surface area (Å²) < 4.78 is 7.43. The highest BCUT2D eigenvalue weighted by Crippen LogP contribution is 2.51. The van der Waals surface area contributed by atoms with Crippen molar-refractivity contribution in [1.29, 1.82) is 0 Å². The van der Waals surface area contributed by atoms with E-state index in [1.165, 1.54) is 127 Å². The van der Waals surface area contributed by atoms with Gasteiger partial charge in [0.05, 0.1) is 33.1 Å². The minimum absolute atomic E-state index is 0.149. The molecular formula is C88H78BN5. The van der Waals surface area contributed by atoms with Gasteiger partial charge in [-0.05, 0) is 187 Å². The topological polar surface area (TPSA) is 21.3 Å². The van der Waals surface area contributed by atoms with E-state index in [1.54, 1.807) is 0 Å². The molecule has 0 unspecified atom stereocenters. The predicted molar refractivity (Wildman–Crippen MR) is 404 cm³/mol. The first kappa shape index (κ1) is 57.6. The van der Waals surface area contributed by atoms with Crippen LogP contribution in [0.4, 0.5) is 34.1 Å². The summed E-state index contributed by atoms with van der Waals surface area (Å²) in [5, 5.41) is 7.43. The first-order valence-corrected chi connectivity index (χ1v) is 33.6. The number of nitrogens with zero attached hydrogens (tertiary/aromatic N) is 5. The summed E-state index contributed by atoms with van der Waals surface area (Å²) in [7, 11) is 0. The zero-order chi connectivity index (χ0) is 64.5. The van der Waals surface area contributed by atoms with E-state index in [0.29, 0.717) is 0 Å². The van der Waals surface area contributed by atoms with Crippen LogP contribution in [0.3, 0.4) is 0 Å². The Kier molecular flexibility index (Phi) is 12.6. The van der Waals surface area contributed by atoms with Gasteiger partial charge in [-0.15, -0.1) is 0 Å². The highest BCUT2D eigenvalue weighted by atomic mass is 15.2. The highest BCUT2D eigenvalue weighted by molar-refractivity contribution is 7.00. The van der Waals surface area contributed by atoms with Gasteiger partial charge in [0, 0.05) is 83.5 Å². The molecule has 458 valence electrons. The van der Waals surface area contributed by atoms with Crippen LogP contribution in [-0.2, 0) is 21.7 Å². The molecule has 17 rings (SSSR count). The lowest BCUT2D eigenvalue weighted by atomic mass is 9.33. The lowest BCUT2D eigenvalue weighted by Gasteiger charge is -2.45. The van der Waals surface area contributed by atoms with Crippen molar-refractivity contribution in [1.82, 2.24) is 13.7 Å². The Morgan fingerprint density at radius 2 is 0.564 bits per heavy atom. The summed E-state index contributed by atoms with van der Waals surface area (Å²) in [5.74, 6) is 0. The molecular weight excluding hydrogens is 1140 g/mol. The summed E-state index contributed by atoms with van der Waals surface area (Å²) >= 11 is 0. The van der Waals surface area contributed by atoms with Crippen molar-refractivity contribution in [2.24, 2.45) is 0 Å². The Balaban J connectivity index is 1.03. The number of benzene rings is 12. The maximum absolute atomic E-state index is 2.68. The van der Waals surface area contributed by atoms with Crippen molar-refractivity contribution in [2.45, 2.75) is 105 Å². The van der Waals surface area contributed by atoms with Crippen LogP contribution < -0.4 is 26.2 Å². The zero-order valence-electron chi connectivity index (χ0n) is 56.1. The quantitative estimate of drug-likeness (QED) is 0.155. The van der Waals surface area contributed by atoms with Crippen molar-refractivity contribution in [3.8, 4) is 28.2 Å². The smallest absolute Gasteiger partial charge is 0.252 e. The van der Waals surface area contributed by atoms with E-state index >= 15 is 0 Å². The van der Waals surface area contributed by atoms with Crippen molar-refractivity contribution in [3.63, 3.8) is 0 Å². The van der Waals surface area contributed by atoms with Gasteiger partial charge in [-0.3, -0.25) is 0 Å². The van der Waals surface area contributed by atoms with Gasteiger partial charge in [0.15, 0.2) is 0 Å². The van der Waals surface area contributed by atoms with Crippen molar-refractivity contribution in [2.75, 3.05) is 9.80 Å². The van der Waals surface area contributed by atoms with E-state index in [-0.39, 0.29) is 28.4 Å². The van der Waals surface area contributed by atoms with E-state index in [0.717, 1.165) is 39.6 Å². The Labute approximate surface area is 552 Å². The number of aromatic nitrogens is 3. The molecule has 5 nitrogen and oxygen atoms in total. The zero-order valence-corrected chi connectivity index (χ0v) is 56.1. The summed E-state index contributed by atoms with van der Waals surface area (Å²) in [6, 6.07) is 97.6. The Morgan fingerprint density at radius 3 is 0.936 bits per heavy atom. The van der Waals surface area contributed by atoms with Crippen LogP contribution in [0, 0.1) is 0 Å². The molecule has 0 fully saturated rings. The number of hydrogen-bond acceptors (Lipinski definition) is 2. The molecule has 0 aliphatic carbocycles. The minimum Gasteiger partial charge on any atom is -0.311 e. The van der Waals surface area contributed by atoms with Crippen LogP contribution in [0.1, 0.15) is 105 Å². The monoisotopic (exact) mass is 1220 g/mol. The Bertz CT molecular complexity index is 5190. The SMILES string of the molecule is CC(C)(C)c1cc(N2c3cc(-n4c5ccccc5c5ccccc54)ccc3B3c4ccc(-n5c6ccccc6c6ccccc65)cc4N(c4cc(C(C)(C)C)cc(C(C)(C)C)c4)c4cc(-c5ccc6c(c5)c5ccccc5n6-c5ccccc5)cc2c43)cc(C(C)(C)C)c1. The lowest BCUT2D eigenvalue weighted by Crippen LogP contribution is -2.61. The van der Waals surface area contributed by atoms with Crippen LogP contribution in [0.25, 0.3) is 93.6 Å². The normalized spacial score (nSPS) is 13.5. The first-order chi connectivity index (χ1) is 45.2. The van der Waals surface area contributed by atoms with Crippen LogP contribution >= 0.6 is 0 Å². The molecule has 0 spiro atoms. The summed E-state index contributed by atoms with van der Waals surface area (Å²) in [6.45, 7) is 28.2. The van der Waals surface area contributed by atoms with Crippen LogP contribution in [-0.4, -0.2) is 20.4 Å². The van der Waals surface area contributed by atoms with E-state index in [1.807, 2.05) is 0 Å². The van der Waals surface area contributed by atoms with Gasteiger partial charge in [-0.2, -0.15) is 0 Å². The standard InChI is InChI=1S/C88H78BN5/c1-85(2,3)57-47-58(86(4,5)6)50-64(49-57)93-80-53-62(91-74-33-21-16-28-66(74)67-29-17-22-34-75(67)91)39-41-72(80)89-73-42-40-63(92-76-35-23-18-30-68(76)69-31-19-24-36-77(69)92)54-81(73)94(65-51-59(87(7,8)9)48-60(52-65)88(10,11)12)83-46-56(45-82(93)84(83)89)55-38-43-79-71(44-55)70-32-20-25-37-78(70)90(79)61-26-14-13-15-27-61/h13-54H,1-12H3. The molecule has 15 aromatic rings. The van der Waals surface area contributed by atoms with Gasteiger partial charge in [0.1, 0.15) is 0 Å². The molecule has 2 aliphatic rings. The molecule has 0 amide bonds. The van der Waals surface area contributed by atoms with Gasteiger partial charge in [0.2, 0.25) is 0 Å². The average Bonchev–Trinajstić information content (AvgIpc) is 0.812. The maximum atomic E-state index is 2.68. The third-order valence-corrected chi connectivity index (χ3v) is 20.6. The second kappa shape index (κ2) is 20.6. The van der Waals surface area contributed by atoms with Crippen molar-refractivity contribution < 1.29 is 0 Å². The molecule has 0 bridgehead atoms. The summed E-state index contributed by atoms with van der Waals surface area (Å²) in [6.07, 6.45) is 0. The number of anilines is 6. The molecule has 2 aliphatic heterocycles. The van der Waals surface area contributed by atoms with Gasteiger partial charge < -0.3 is 23.5 Å². The van der Waals surface area contributed by atoms with E-state index < -0.39 is 0 Å². The maximum Gasteiger partial charge on any atom is 0.252 e. The van der Waals surface area contributed by atoms with Gasteiger partial charge in [0.25, 0.3) is 6.71 Å². The molecule has 3 aromatic heterocycles. The fourth-order valence-electron chi connectivity index (χ4n) is 15.6. The van der Waals surface area contributed by atoms with Gasteiger partial charge >= 0.3 is 0 Å². The molecule has 0 atom stereocenters.